The third kappa shape index (κ3) is 2.07. The third-order valence-electron chi connectivity index (χ3n) is 2.35. The number of ether oxygens (including phenoxy) is 2. The summed E-state index contributed by atoms with van der Waals surface area (Å²) in [6, 6.07) is 5.39. The van der Waals surface area contributed by atoms with E-state index in [9.17, 15) is 4.79 Å². The minimum absolute atomic E-state index is 0.0294. The molecular weight excluding hydrogens is 232 g/mol. The molecule has 5 heteroatoms. The molecule has 1 N–H and O–H groups in total. The van der Waals surface area contributed by atoms with Gasteiger partial charge in [0.25, 0.3) is 0 Å². The fourth-order valence-electron chi connectivity index (χ4n) is 1.58. The molecule has 1 aliphatic rings. The minimum Gasteiger partial charge on any atom is -0.485 e. The van der Waals surface area contributed by atoms with Crippen molar-refractivity contribution < 1.29 is 19.4 Å². The van der Waals surface area contributed by atoms with Crippen LogP contribution in [-0.2, 0) is 11.2 Å². The summed E-state index contributed by atoms with van der Waals surface area (Å²) >= 11 is 5.67. The van der Waals surface area contributed by atoms with Crippen LogP contribution in [0.3, 0.4) is 0 Å². The molecule has 0 radical (unpaired) electrons. The Morgan fingerprint density at radius 1 is 1.56 bits per heavy atom. The average molecular weight is 243 g/mol. The number of carboxylic acids is 1. The number of carbonyl (C=O) groups is 1. The number of rotatable bonds is 3. The molecule has 2 rings (SSSR count). The molecule has 1 atom stereocenters. The van der Waals surface area contributed by atoms with E-state index in [0.29, 0.717) is 23.8 Å². The van der Waals surface area contributed by atoms with Crippen molar-refractivity contribution in [2.24, 2.45) is 0 Å². The van der Waals surface area contributed by atoms with E-state index in [0.717, 1.165) is 5.56 Å². The van der Waals surface area contributed by atoms with Gasteiger partial charge in [-0.1, -0.05) is 12.1 Å². The van der Waals surface area contributed by atoms with Gasteiger partial charge >= 0.3 is 5.97 Å². The van der Waals surface area contributed by atoms with Gasteiger partial charge in [-0.25, -0.2) is 4.79 Å². The maximum atomic E-state index is 10.7. The Kier molecular flexibility index (Phi) is 3.19. The fraction of sp³-hybridized carbons (Fsp3) is 0.364. The van der Waals surface area contributed by atoms with E-state index in [1.807, 2.05) is 6.07 Å². The van der Waals surface area contributed by atoms with Crippen molar-refractivity contribution in [2.75, 3.05) is 12.5 Å². The first-order chi connectivity index (χ1) is 7.72. The number of fused-ring (bicyclic) bond motifs is 1. The van der Waals surface area contributed by atoms with Crippen molar-refractivity contribution in [3.8, 4) is 11.5 Å². The van der Waals surface area contributed by atoms with Crippen LogP contribution < -0.4 is 9.47 Å². The zero-order valence-electron chi connectivity index (χ0n) is 8.48. The number of hydrogen-bond donors (Lipinski definition) is 1. The van der Waals surface area contributed by atoms with Gasteiger partial charge in [-0.05, 0) is 18.1 Å². The smallest absolute Gasteiger partial charge is 0.348 e. The molecule has 1 unspecified atom stereocenters. The summed E-state index contributed by atoms with van der Waals surface area (Å²) < 4.78 is 10.7. The third-order valence-corrected chi connectivity index (χ3v) is 2.54. The molecule has 0 saturated carbocycles. The van der Waals surface area contributed by atoms with Crippen LogP contribution in [0.25, 0.3) is 0 Å². The van der Waals surface area contributed by atoms with E-state index in [4.69, 9.17) is 26.2 Å². The number of aryl methyl sites for hydroxylation is 1. The van der Waals surface area contributed by atoms with Gasteiger partial charge in [0.2, 0.25) is 6.10 Å². The molecule has 1 aromatic carbocycles. The van der Waals surface area contributed by atoms with Gasteiger partial charge in [-0.3, -0.25) is 0 Å². The van der Waals surface area contributed by atoms with Crippen LogP contribution in [0.2, 0.25) is 0 Å². The summed E-state index contributed by atoms with van der Waals surface area (Å²) in [6.07, 6.45) is -0.259. The molecule has 0 spiro atoms. The van der Waals surface area contributed by atoms with Crippen LogP contribution in [0.5, 0.6) is 11.5 Å². The molecule has 16 heavy (non-hydrogen) atoms. The first-order valence-electron chi connectivity index (χ1n) is 4.92. The number of benzene rings is 1. The summed E-state index contributed by atoms with van der Waals surface area (Å²) in [4.78, 5) is 10.7. The quantitative estimate of drug-likeness (QED) is 0.820. The van der Waals surface area contributed by atoms with Gasteiger partial charge in [0.15, 0.2) is 11.5 Å². The molecule has 0 saturated heterocycles. The zero-order chi connectivity index (χ0) is 11.5. The van der Waals surface area contributed by atoms with E-state index in [-0.39, 0.29) is 6.61 Å². The molecule has 1 aliphatic heterocycles. The number of halogens is 1. The van der Waals surface area contributed by atoms with Crippen molar-refractivity contribution >= 4 is 17.6 Å². The fourth-order valence-corrected chi connectivity index (χ4v) is 1.79. The second kappa shape index (κ2) is 4.61. The molecule has 0 aliphatic carbocycles. The Labute approximate surface area is 97.7 Å². The SMILES string of the molecule is O=C(O)C1COc2c(CCCl)cccc2O1. The van der Waals surface area contributed by atoms with Gasteiger partial charge in [0.05, 0.1) is 0 Å². The van der Waals surface area contributed by atoms with Crippen molar-refractivity contribution in [2.45, 2.75) is 12.5 Å². The van der Waals surface area contributed by atoms with Crippen molar-refractivity contribution in [1.29, 1.82) is 0 Å². The number of para-hydroxylation sites is 1. The summed E-state index contributed by atoms with van der Waals surface area (Å²) in [5.41, 5.74) is 0.941. The lowest BCUT2D eigenvalue weighted by Crippen LogP contribution is -2.36. The van der Waals surface area contributed by atoms with E-state index in [1.165, 1.54) is 0 Å². The number of alkyl halides is 1. The first kappa shape index (κ1) is 11.1. The zero-order valence-corrected chi connectivity index (χ0v) is 9.24. The minimum atomic E-state index is -1.02. The highest BCUT2D eigenvalue weighted by Gasteiger charge is 2.28. The standard InChI is InChI=1S/C11H11ClO4/c12-5-4-7-2-1-3-8-10(7)15-6-9(16-8)11(13)14/h1-3,9H,4-6H2,(H,13,14). The molecule has 0 bridgehead atoms. The van der Waals surface area contributed by atoms with Gasteiger partial charge in [-0.2, -0.15) is 0 Å². The molecule has 1 heterocycles. The second-order valence-electron chi connectivity index (χ2n) is 3.44. The molecule has 1 aromatic rings. The van der Waals surface area contributed by atoms with Crippen LogP contribution >= 0.6 is 11.6 Å². The normalized spacial score (nSPS) is 18.2. The second-order valence-corrected chi connectivity index (χ2v) is 3.82. The highest BCUT2D eigenvalue weighted by atomic mass is 35.5. The predicted octanol–water partition coefficient (Wildman–Crippen LogP) is 1.69. The van der Waals surface area contributed by atoms with Crippen LogP contribution in [0.15, 0.2) is 18.2 Å². The van der Waals surface area contributed by atoms with Gasteiger partial charge in [0, 0.05) is 5.88 Å². The Bertz CT molecular complexity index is 405. The Balaban J connectivity index is 2.26. The topological polar surface area (TPSA) is 55.8 Å². The van der Waals surface area contributed by atoms with Gasteiger partial charge < -0.3 is 14.6 Å². The van der Waals surface area contributed by atoms with Crippen molar-refractivity contribution in [3.05, 3.63) is 23.8 Å². The van der Waals surface area contributed by atoms with E-state index >= 15 is 0 Å². The van der Waals surface area contributed by atoms with Crippen LogP contribution in [-0.4, -0.2) is 29.7 Å². The van der Waals surface area contributed by atoms with Gasteiger partial charge in [0.1, 0.15) is 6.61 Å². The monoisotopic (exact) mass is 242 g/mol. The number of aliphatic carboxylic acids is 1. The van der Waals surface area contributed by atoms with Crippen LogP contribution in [0.1, 0.15) is 5.56 Å². The Morgan fingerprint density at radius 3 is 3.06 bits per heavy atom. The summed E-state index contributed by atoms with van der Waals surface area (Å²) in [7, 11) is 0. The molecule has 4 nitrogen and oxygen atoms in total. The lowest BCUT2D eigenvalue weighted by atomic mass is 10.1. The van der Waals surface area contributed by atoms with Crippen molar-refractivity contribution in [3.63, 3.8) is 0 Å². The number of carboxylic acid groups (broad SMARTS) is 1. The van der Waals surface area contributed by atoms with E-state index < -0.39 is 12.1 Å². The predicted molar refractivity (Wildman–Crippen MR) is 58.4 cm³/mol. The Hall–Kier alpha value is -1.42. The molecule has 0 aromatic heterocycles. The highest BCUT2D eigenvalue weighted by Crippen LogP contribution is 2.35. The summed E-state index contributed by atoms with van der Waals surface area (Å²) in [5.74, 6) is 0.553. The van der Waals surface area contributed by atoms with Crippen LogP contribution in [0, 0.1) is 0 Å². The maximum Gasteiger partial charge on any atom is 0.348 e. The summed E-state index contributed by atoms with van der Waals surface area (Å²) in [6.45, 7) is 0.0294. The van der Waals surface area contributed by atoms with E-state index in [2.05, 4.69) is 0 Å². The lowest BCUT2D eigenvalue weighted by molar-refractivity contribution is -0.147. The lowest BCUT2D eigenvalue weighted by Gasteiger charge is -2.25. The maximum absolute atomic E-state index is 10.7. The summed E-state index contributed by atoms with van der Waals surface area (Å²) in [5, 5.41) is 8.81. The molecule has 0 amide bonds. The highest BCUT2D eigenvalue weighted by molar-refractivity contribution is 6.18. The van der Waals surface area contributed by atoms with Crippen molar-refractivity contribution in [1.82, 2.24) is 0 Å². The van der Waals surface area contributed by atoms with E-state index in [1.54, 1.807) is 12.1 Å². The van der Waals surface area contributed by atoms with Crippen LogP contribution in [0.4, 0.5) is 0 Å². The average Bonchev–Trinajstić information content (AvgIpc) is 2.29. The number of hydrogen-bond acceptors (Lipinski definition) is 3. The molecule has 0 fully saturated rings. The Morgan fingerprint density at radius 2 is 2.38 bits per heavy atom. The van der Waals surface area contributed by atoms with Gasteiger partial charge in [-0.15, -0.1) is 11.6 Å². The largest absolute Gasteiger partial charge is 0.485 e. The first-order valence-corrected chi connectivity index (χ1v) is 5.46. The molecule has 86 valence electrons. The molecular formula is C11H11ClO4.